The van der Waals surface area contributed by atoms with Crippen molar-refractivity contribution >= 4 is 58.1 Å². The first-order chi connectivity index (χ1) is 9.99. The Bertz CT molecular complexity index is 647. The van der Waals surface area contributed by atoms with Crippen LogP contribution in [0.2, 0.25) is 5.02 Å². The molecule has 2 rings (SSSR count). The van der Waals surface area contributed by atoms with Crippen molar-refractivity contribution in [3.05, 3.63) is 28.8 Å². The molecule has 0 saturated carbocycles. The molecule has 2 aromatic rings. The summed E-state index contributed by atoms with van der Waals surface area (Å²) in [7, 11) is 0. The van der Waals surface area contributed by atoms with E-state index in [0.717, 1.165) is 19.9 Å². The molecule has 21 heavy (non-hydrogen) atoms. The standard InChI is InChI=1S/C13H14ClN3OS3/c1-7-4-5-9(14)6-10(7)15-11(18)8(2)20-13-17-16-12(19-3)21-13/h4-6,8H,1-3H3,(H,15,18)/t8-/m1/s1. The largest absolute Gasteiger partial charge is 0.325 e. The third-order valence-electron chi connectivity index (χ3n) is 2.67. The molecule has 0 radical (unpaired) electrons. The first-order valence-corrected chi connectivity index (χ1v) is 9.40. The second-order valence-electron chi connectivity index (χ2n) is 4.25. The Hall–Kier alpha value is -0.760. The molecule has 1 amide bonds. The summed E-state index contributed by atoms with van der Waals surface area (Å²) in [6.45, 7) is 3.78. The fourth-order valence-corrected chi connectivity index (χ4v) is 4.25. The topological polar surface area (TPSA) is 54.9 Å². The number of rotatable bonds is 5. The van der Waals surface area contributed by atoms with Crippen LogP contribution in [0.4, 0.5) is 5.69 Å². The van der Waals surface area contributed by atoms with Crippen molar-refractivity contribution in [1.82, 2.24) is 10.2 Å². The lowest BCUT2D eigenvalue weighted by molar-refractivity contribution is -0.115. The molecule has 0 aliphatic rings. The van der Waals surface area contributed by atoms with Gasteiger partial charge in [-0.1, -0.05) is 52.5 Å². The maximum Gasteiger partial charge on any atom is 0.237 e. The van der Waals surface area contributed by atoms with Crippen LogP contribution in [0.25, 0.3) is 0 Å². The van der Waals surface area contributed by atoms with Gasteiger partial charge in [0.25, 0.3) is 0 Å². The Balaban J connectivity index is 2.00. The maximum atomic E-state index is 12.2. The zero-order valence-electron chi connectivity index (χ0n) is 11.7. The number of halogens is 1. The molecule has 0 unspecified atom stereocenters. The zero-order chi connectivity index (χ0) is 15.4. The summed E-state index contributed by atoms with van der Waals surface area (Å²) in [6, 6.07) is 5.43. The number of nitrogens with zero attached hydrogens (tertiary/aromatic N) is 2. The minimum absolute atomic E-state index is 0.0775. The lowest BCUT2D eigenvalue weighted by Gasteiger charge is -2.12. The third kappa shape index (κ3) is 4.60. The minimum atomic E-state index is -0.258. The predicted molar refractivity (Wildman–Crippen MR) is 91.8 cm³/mol. The highest BCUT2D eigenvalue weighted by Crippen LogP contribution is 2.31. The zero-order valence-corrected chi connectivity index (χ0v) is 14.9. The van der Waals surface area contributed by atoms with Gasteiger partial charge in [-0.2, -0.15) is 0 Å². The molecule has 8 heteroatoms. The van der Waals surface area contributed by atoms with E-state index in [1.165, 1.54) is 23.1 Å². The van der Waals surface area contributed by atoms with Crippen molar-refractivity contribution in [2.45, 2.75) is 27.8 Å². The molecule has 0 aliphatic carbocycles. The third-order valence-corrected chi connectivity index (χ3v) is 5.98. The number of nitrogens with one attached hydrogen (secondary N) is 1. The van der Waals surface area contributed by atoms with Crippen LogP contribution < -0.4 is 5.32 Å². The Labute approximate surface area is 141 Å². The molecular formula is C13H14ClN3OS3. The van der Waals surface area contributed by atoms with Crippen LogP contribution in [0.5, 0.6) is 0 Å². The van der Waals surface area contributed by atoms with Crippen LogP contribution in [0, 0.1) is 6.92 Å². The average molecular weight is 360 g/mol. The first kappa shape index (κ1) is 16.6. The van der Waals surface area contributed by atoms with E-state index < -0.39 is 0 Å². The van der Waals surface area contributed by atoms with E-state index in [9.17, 15) is 4.79 Å². The van der Waals surface area contributed by atoms with Crippen LogP contribution >= 0.6 is 46.5 Å². The number of hydrogen-bond acceptors (Lipinski definition) is 6. The molecule has 0 bridgehead atoms. The maximum absolute atomic E-state index is 12.2. The van der Waals surface area contributed by atoms with Gasteiger partial charge in [-0.3, -0.25) is 4.79 Å². The number of aromatic nitrogens is 2. The molecular weight excluding hydrogens is 346 g/mol. The van der Waals surface area contributed by atoms with E-state index >= 15 is 0 Å². The lowest BCUT2D eigenvalue weighted by atomic mass is 10.2. The van der Waals surface area contributed by atoms with Gasteiger partial charge >= 0.3 is 0 Å². The highest BCUT2D eigenvalue weighted by molar-refractivity contribution is 8.03. The van der Waals surface area contributed by atoms with Crippen LogP contribution in [0.1, 0.15) is 12.5 Å². The normalized spacial score (nSPS) is 12.2. The van der Waals surface area contributed by atoms with Gasteiger partial charge in [0.1, 0.15) is 0 Å². The Morgan fingerprint density at radius 3 is 2.76 bits per heavy atom. The highest BCUT2D eigenvalue weighted by Gasteiger charge is 2.18. The van der Waals surface area contributed by atoms with E-state index in [1.54, 1.807) is 23.9 Å². The molecule has 1 N–H and O–H groups in total. The van der Waals surface area contributed by atoms with Crippen molar-refractivity contribution in [2.24, 2.45) is 0 Å². The van der Waals surface area contributed by atoms with E-state index in [0.29, 0.717) is 5.02 Å². The van der Waals surface area contributed by atoms with Gasteiger partial charge in [0.05, 0.1) is 5.25 Å². The van der Waals surface area contributed by atoms with E-state index in [-0.39, 0.29) is 11.2 Å². The molecule has 0 saturated heterocycles. The fraction of sp³-hybridized carbons (Fsp3) is 0.308. The van der Waals surface area contributed by atoms with Crippen molar-refractivity contribution in [3.63, 3.8) is 0 Å². The van der Waals surface area contributed by atoms with Crippen LogP contribution in [-0.2, 0) is 4.79 Å². The molecule has 0 fully saturated rings. The summed E-state index contributed by atoms with van der Waals surface area (Å²) < 4.78 is 1.70. The van der Waals surface area contributed by atoms with Crippen molar-refractivity contribution in [2.75, 3.05) is 11.6 Å². The number of benzene rings is 1. The predicted octanol–water partition coefficient (Wildman–Crippen LogP) is 4.34. The van der Waals surface area contributed by atoms with Crippen LogP contribution in [-0.4, -0.2) is 27.6 Å². The SMILES string of the molecule is CSc1nnc(S[C@H](C)C(=O)Nc2cc(Cl)ccc2C)s1. The lowest BCUT2D eigenvalue weighted by Crippen LogP contribution is -2.22. The molecule has 112 valence electrons. The van der Waals surface area contributed by atoms with Gasteiger partial charge in [-0.05, 0) is 37.8 Å². The molecule has 1 aromatic heterocycles. The van der Waals surface area contributed by atoms with Crippen molar-refractivity contribution in [3.8, 4) is 0 Å². The molecule has 1 aromatic carbocycles. The average Bonchev–Trinajstić information content (AvgIpc) is 2.90. The quantitative estimate of drug-likeness (QED) is 0.804. The summed E-state index contributed by atoms with van der Waals surface area (Å²) in [4.78, 5) is 12.2. The van der Waals surface area contributed by atoms with Gasteiger partial charge in [0.2, 0.25) is 5.91 Å². The molecule has 4 nitrogen and oxygen atoms in total. The van der Waals surface area contributed by atoms with Crippen LogP contribution in [0.3, 0.4) is 0 Å². The number of aryl methyl sites for hydroxylation is 1. The number of carbonyl (C=O) groups excluding carboxylic acids is 1. The van der Waals surface area contributed by atoms with E-state index in [1.807, 2.05) is 26.2 Å². The highest BCUT2D eigenvalue weighted by atomic mass is 35.5. The Kier molecular flexibility index (Phi) is 5.92. The van der Waals surface area contributed by atoms with Crippen molar-refractivity contribution in [1.29, 1.82) is 0 Å². The number of carbonyl (C=O) groups is 1. The Morgan fingerprint density at radius 2 is 2.10 bits per heavy atom. The monoisotopic (exact) mass is 359 g/mol. The minimum Gasteiger partial charge on any atom is -0.325 e. The second kappa shape index (κ2) is 7.49. The number of amides is 1. The van der Waals surface area contributed by atoms with Crippen molar-refractivity contribution < 1.29 is 4.79 Å². The summed E-state index contributed by atoms with van der Waals surface area (Å²) in [5.41, 5.74) is 1.72. The number of hydrogen-bond donors (Lipinski definition) is 1. The summed E-state index contributed by atoms with van der Waals surface area (Å²) in [6.07, 6.45) is 1.95. The summed E-state index contributed by atoms with van der Waals surface area (Å²) in [5.74, 6) is -0.0775. The smallest absolute Gasteiger partial charge is 0.237 e. The van der Waals surface area contributed by atoms with Crippen LogP contribution in [0.15, 0.2) is 26.9 Å². The number of anilines is 1. The van der Waals surface area contributed by atoms with E-state index in [4.69, 9.17) is 11.6 Å². The van der Waals surface area contributed by atoms with Gasteiger partial charge in [0.15, 0.2) is 8.68 Å². The first-order valence-electron chi connectivity index (χ1n) is 6.10. The Morgan fingerprint density at radius 1 is 1.38 bits per heavy atom. The van der Waals surface area contributed by atoms with Gasteiger partial charge in [-0.15, -0.1) is 10.2 Å². The molecule has 0 spiro atoms. The van der Waals surface area contributed by atoms with Gasteiger partial charge in [-0.25, -0.2) is 0 Å². The second-order valence-corrected chi connectivity index (χ2v) is 8.30. The van der Waals surface area contributed by atoms with Gasteiger partial charge < -0.3 is 5.32 Å². The molecule has 1 heterocycles. The fourth-order valence-electron chi connectivity index (χ4n) is 1.50. The number of thioether (sulfide) groups is 2. The molecule has 1 atom stereocenters. The van der Waals surface area contributed by atoms with Gasteiger partial charge in [0, 0.05) is 10.7 Å². The summed E-state index contributed by atoms with van der Waals surface area (Å²) >= 11 is 10.4. The molecule has 0 aliphatic heterocycles. The summed E-state index contributed by atoms with van der Waals surface area (Å²) in [5, 5.41) is 11.3. The van der Waals surface area contributed by atoms with E-state index in [2.05, 4.69) is 15.5 Å².